The van der Waals surface area contributed by atoms with E-state index in [0.717, 1.165) is 51.4 Å². The molecule has 1 aromatic carbocycles. The third-order valence-corrected chi connectivity index (χ3v) is 6.03. The van der Waals surface area contributed by atoms with Crippen molar-refractivity contribution >= 4 is 28.6 Å². The number of carbonyl (C=O) groups excluding carboxylic acids is 1. The molecule has 0 atom stereocenters. The second-order valence-electron chi connectivity index (χ2n) is 8.77. The van der Waals surface area contributed by atoms with E-state index in [2.05, 4.69) is 37.6 Å². The average molecular weight is 465 g/mol. The van der Waals surface area contributed by atoms with Gasteiger partial charge in [0.05, 0.1) is 18.6 Å². The molecule has 0 bridgehead atoms. The Kier molecular flexibility index (Phi) is 7.54. The Balaban J connectivity index is 1.53. The number of hydrogen-bond acceptors (Lipinski definition) is 7. The number of rotatable bonds is 8. The van der Waals surface area contributed by atoms with Crippen molar-refractivity contribution < 1.29 is 9.53 Å². The molecule has 0 saturated carbocycles. The van der Waals surface area contributed by atoms with Crippen LogP contribution in [-0.2, 0) is 11.2 Å². The molecule has 0 unspecified atom stereocenters. The lowest BCUT2D eigenvalue weighted by Gasteiger charge is -2.26. The van der Waals surface area contributed by atoms with Gasteiger partial charge >= 0.3 is 0 Å². The number of aromatic nitrogens is 3. The molecule has 0 spiro atoms. The molecule has 1 fully saturated rings. The minimum absolute atomic E-state index is 0.00375. The fourth-order valence-corrected chi connectivity index (χ4v) is 4.15. The Morgan fingerprint density at radius 3 is 2.76 bits per heavy atom. The summed E-state index contributed by atoms with van der Waals surface area (Å²) in [7, 11) is 1.51. The number of nitrogens with one attached hydrogen (secondary N) is 2. The van der Waals surface area contributed by atoms with Crippen LogP contribution in [0, 0.1) is 0 Å². The molecule has 2 aromatic heterocycles. The Morgan fingerprint density at radius 1 is 1.24 bits per heavy atom. The van der Waals surface area contributed by atoms with Crippen LogP contribution in [-0.4, -0.2) is 65.2 Å². The van der Waals surface area contributed by atoms with E-state index in [9.17, 15) is 9.59 Å². The lowest BCUT2D eigenvalue weighted by atomic mass is 10.1. The smallest absolute Gasteiger partial charge is 0.256 e. The molecule has 9 nitrogen and oxygen atoms in total. The van der Waals surface area contributed by atoms with Crippen molar-refractivity contribution in [1.29, 1.82) is 0 Å². The monoisotopic (exact) mass is 464 g/mol. The van der Waals surface area contributed by atoms with Gasteiger partial charge in [0.25, 0.3) is 5.91 Å². The summed E-state index contributed by atoms with van der Waals surface area (Å²) in [5.74, 6) is -0.0200. The van der Waals surface area contributed by atoms with Gasteiger partial charge in [-0.2, -0.15) is 4.98 Å². The Hall–Kier alpha value is -3.30. The summed E-state index contributed by atoms with van der Waals surface area (Å²) >= 11 is 0. The maximum atomic E-state index is 12.8. The zero-order chi connectivity index (χ0) is 24.1. The third-order valence-electron chi connectivity index (χ3n) is 6.03. The van der Waals surface area contributed by atoms with Crippen LogP contribution < -0.4 is 16.1 Å². The van der Waals surface area contributed by atoms with Gasteiger partial charge in [0, 0.05) is 44.3 Å². The predicted molar refractivity (Wildman–Crippen MR) is 133 cm³/mol. The van der Waals surface area contributed by atoms with Crippen molar-refractivity contribution in [3.8, 4) is 0 Å². The van der Waals surface area contributed by atoms with E-state index in [4.69, 9.17) is 4.74 Å². The molecule has 180 valence electrons. The Morgan fingerprint density at radius 2 is 2.03 bits per heavy atom. The number of nitrogens with zero attached hydrogens (tertiary/aromatic N) is 4. The number of morpholine rings is 1. The van der Waals surface area contributed by atoms with Crippen LogP contribution in [0.5, 0.6) is 0 Å². The first-order valence-corrected chi connectivity index (χ1v) is 11.8. The normalized spacial score (nSPS) is 14.5. The number of benzene rings is 1. The zero-order valence-electron chi connectivity index (χ0n) is 20.0. The summed E-state index contributed by atoms with van der Waals surface area (Å²) in [5, 5.41) is 6.11. The van der Waals surface area contributed by atoms with Crippen molar-refractivity contribution in [2.45, 2.75) is 32.7 Å². The van der Waals surface area contributed by atoms with E-state index in [0.29, 0.717) is 17.0 Å². The first-order valence-electron chi connectivity index (χ1n) is 11.8. The first kappa shape index (κ1) is 23.8. The lowest BCUT2D eigenvalue weighted by molar-refractivity contribution is 0.0375. The number of amides is 1. The van der Waals surface area contributed by atoms with Gasteiger partial charge in [0.15, 0.2) is 0 Å². The number of ether oxygens (including phenoxy) is 1. The van der Waals surface area contributed by atoms with Gasteiger partial charge in [0.2, 0.25) is 11.4 Å². The van der Waals surface area contributed by atoms with Crippen molar-refractivity contribution in [2.24, 2.45) is 0 Å². The van der Waals surface area contributed by atoms with E-state index in [1.165, 1.54) is 18.8 Å². The van der Waals surface area contributed by atoms with Crippen molar-refractivity contribution in [1.82, 2.24) is 24.8 Å². The lowest BCUT2D eigenvalue weighted by Crippen LogP contribution is -2.36. The van der Waals surface area contributed by atoms with E-state index < -0.39 is 5.91 Å². The van der Waals surface area contributed by atoms with Crippen molar-refractivity contribution in [2.75, 3.05) is 45.2 Å². The van der Waals surface area contributed by atoms with Crippen LogP contribution in [0.3, 0.4) is 0 Å². The van der Waals surface area contributed by atoms with Crippen LogP contribution in [0.25, 0.3) is 11.0 Å². The Bertz CT molecular complexity index is 1220. The number of hydrogen-bond donors (Lipinski definition) is 2. The number of aryl methyl sites for hydroxylation is 1. The highest BCUT2D eigenvalue weighted by atomic mass is 16.5. The summed E-state index contributed by atoms with van der Waals surface area (Å²) < 4.78 is 7.24. The van der Waals surface area contributed by atoms with Gasteiger partial charge in [-0.25, -0.2) is 4.98 Å². The summed E-state index contributed by atoms with van der Waals surface area (Å²) in [5.41, 5.74) is 2.33. The summed E-state index contributed by atoms with van der Waals surface area (Å²) in [6, 6.07) is 8.24. The molecule has 3 heterocycles. The predicted octanol–water partition coefficient (Wildman–Crippen LogP) is 2.74. The van der Waals surface area contributed by atoms with Crippen LogP contribution in [0.1, 0.15) is 42.2 Å². The SMILES string of the molecule is CNC(=O)c1cn(C(C)C)c2nc(Nc3cccc(CCCN4CCOCC4)c3)ncc2c1=O. The van der Waals surface area contributed by atoms with Gasteiger partial charge in [-0.3, -0.25) is 14.5 Å². The molecule has 2 N–H and O–H groups in total. The second kappa shape index (κ2) is 10.8. The van der Waals surface area contributed by atoms with Crippen LogP contribution in [0.15, 0.2) is 41.5 Å². The molecule has 3 aromatic rings. The van der Waals surface area contributed by atoms with Gasteiger partial charge in [-0.1, -0.05) is 12.1 Å². The van der Waals surface area contributed by atoms with Crippen LogP contribution >= 0.6 is 0 Å². The highest BCUT2D eigenvalue weighted by Gasteiger charge is 2.17. The maximum absolute atomic E-state index is 12.8. The molecule has 1 aliphatic heterocycles. The molecule has 34 heavy (non-hydrogen) atoms. The fraction of sp³-hybridized carbons (Fsp3) is 0.440. The van der Waals surface area contributed by atoms with Crippen LogP contribution in [0.4, 0.5) is 11.6 Å². The summed E-state index contributed by atoms with van der Waals surface area (Å²) in [6.45, 7) is 8.69. The summed E-state index contributed by atoms with van der Waals surface area (Å²) in [4.78, 5) is 36.4. The molecule has 9 heteroatoms. The van der Waals surface area contributed by atoms with Crippen molar-refractivity contribution in [3.63, 3.8) is 0 Å². The van der Waals surface area contributed by atoms with Crippen molar-refractivity contribution in [3.05, 3.63) is 58.0 Å². The quantitative estimate of drug-likeness (QED) is 0.529. The number of carbonyl (C=O) groups is 1. The summed E-state index contributed by atoms with van der Waals surface area (Å²) in [6.07, 6.45) is 5.13. The minimum atomic E-state index is -0.422. The van der Waals surface area contributed by atoms with Crippen LogP contribution in [0.2, 0.25) is 0 Å². The van der Waals surface area contributed by atoms with Gasteiger partial charge in [-0.05, 0) is 50.9 Å². The van der Waals surface area contributed by atoms with Gasteiger partial charge < -0.3 is 19.9 Å². The fourth-order valence-electron chi connectivity index (χ4n) is 4.15. The average Bonchev–Trinajstić information content (AvgIpc) is 2.84. The van der Waals surface area contributed by atoms with Gasteiger partial charge in [0.1, 0.15) is 11.2 Å². The molecule has 4 rings (SSSR count). The number of pyridine rings is 1. The molecular formula is C25H32N6O3. The standard InChI is InChI=1S/C25H32N6O3/c1-17(2)31-16-21(24(33)26-3)22(32)20-15-27-25(29-23(20)31)28-19-8-4-6-18(14-19)7-5-9-30-10-12-34-13-11-30/h4,6,8,14-17H,5,7,9-13H2,1-3H3,(H,26,33)(H,27,28,29). The maximum Gasteiger partial charge on any atom is 0.256 e. The van der Waals surface area contributed by atoms with E-state index in [-0.39, 0.29) is 17.0 Å². The largest absolute Gasteiger partial charge is 0.379 e. The van der Waals surface area contributed by atoms with E-state index >= 15 is 0 Å². The molecule has 1 aliphatic rings. The zero-order valence-corrected chi connectivity index (χ0v) is 20.0. The van der Waals surface area contributed by atoms with Gasteiger partial charge in [-0.15, -0.1) is 0 Å². The Labute approximate surface area is 199 Å². The highest BCUT2D eigenvalue weighted by molar-refractivity contribution is 5.96. The van der Waals surface area contributed by atoms with E-state index in [1.54, 1.807) is 6.20 Å². The molecule has 0 aliphatic carbocycles. The number of fused-ring (bicyclic) bond motifs is 1. The molecular weight excluding hydrogens is 432 g/mol. The number of anilines is 2. The molecule has 1 amide bonds. The molecule has 1 saturated heterocycles. The molecule has 0 radical (unpaired) electrons. The minimum Gasteiger partial charge on any atom is -0.379 e. The first-order chi connectivity index (χ1) is 16.5. The second-order valence-corrected chi connectivity index (χ2v) is 8.77. The third kappa shape index (κ3) is 5.43. The topological polar surface area (TPSA) is 101 Å². The highest BCUT2D eigenvalue weighted by Crippen LogP contribution is 2.20. The van der Waals surface area contributed by atoms with E-state index in [1.807, 2.05) is 30.5 Å².